The lowest BCUT2D eigenvalue weighted by Gasteiger charge is -2.25. The van der Waals surface area contributed by atoms with Crippen molar-refractivity contribution in [3.8, 4) is 5.75 Å². The summed E-state index contributed by atoms with van der Waals surface area (Å²) < 4.78 is 50.1. The van der Waals surface area contributed by atoms with Crippen molar-refractivity contribution >= 4 is 34.8 Å². The lowest BCUT2D eigenvalue weighted by Crippen LogP contribution is -2.40. The number of esters is 1. The van der Waals surface area contributed by atoms with Gasteiger partial charge in [0.05, 0.1) is 28.3 Å². The summed E-state index contributed by atoms with van der Waals surface area (Å²) in [6.07, 6.45) is -8.30. The van der Waals surface area contributed by atoms with E-state index in [1.807, 2.05) is 5.32 Å². The SMILES string of the molecule is CC(OC(=O)CC1Oc2ccccc2NC1=O)C(=O)Nc1ccc([N+](=O)[O-])cc1C(F)(F)F. The third kappa shape index (κ3) is 5.56. The van der Waals surface area contributed by atoms with Crippen LogP contribution in [0.5, 0.6) is 5.75 Å². The van der Waals surface area contributed by atoms with Gasteiger partial charge in [0, 0.05) is 12.1 Å². The highest BCUT2D eigenvalue weighted by atomic mass is 19.4. The highest BCUT2D eigenvalue weighted by Crippen LogP contribution is 2.37. The number of benzene rings is 2. The Labute approximate surface area is 183 Å². The maximum Gasteiger partial charge on any atom is 0.418 e. The van der Waals surface area contributed by atoms with Gasteiger partial charge < -0.3 is 20.1 Å². The molecule has 2 N–H and O–H groups in total. The van der Waals surface area contributed by atoms with Gasteiger partial charge in [-0.3, -0.25) is 24.5 Å². The Hall–Kier alpha value is -4.16. The number of fused-ring (bicyclic) bond motifs is 1. The summed E-state index contributed by atoms with van der Waals surface area (Å²) in [7, 11) is 0. The molecule has 2 aromatic rings. The van der Waals surface area contributed by atoms with E-state index in [1.54, 1.807) is 24.3 Å². The number of non-ortho nitro benzene ring substituents is 1. The van der Waals surface area contributed by atoms with Crippen molar-refractivity contribution in [2.45, 2.75) is 31.7 Å². The van der Waals surface area contributed by atoms with Gasteiger partial charge >= 0.3 is 12.1 Å². The lowest BCUT2D eigenvalue weighted by molar-refractivity contribution is -0.385. The minimum absolute atomic E-state index is 0.281. The van der Waals surface area contributed by atoms with E-state index < -0.39 is 64.5 Å². The van der Waals surface area contributed by atoms with Crippen molar-refractivity contribution in [1.82, 2.24) is 0 Å². The number of nitrogens with zero attached hydrogens (tertiary/aromatic N) is 1. The smallest absolute Gasteiger partial charge is 0.418 e. The van der Waals surface area contributed by atoms with E-state index in [1.165, 1.54) is 0 Å². The summed E-state index contributed by atoms with van der Waals surface area (Å²) in [6.45, 7) is 1.11. The molecule has 0 spiro atoms. The van der Waals surface area contributed by atoms with Crippen molar-refractivity contribution in [3.63, 3.8) is 0 Å². The number of nitro benzene ring substituents is 1. The molecule has 3 rings (SSSR count). The number of carbonyl (C=O) groups excluding carboxylic acids is 3. The molecular formula is C20H16F3N3O7. The van der Waals surface area contributed by atoms with Crippen molar-refractivity contribution < 1.29 is 42.0 Å². The van der Waals surface area contributed by atoms with Crippen molar-refractivity contribution in [2.24, 2.45) is 0 Å². The van der Waals surface area contributed by atoms with Crippen LogP contribution in [-0.4, -0.2) is 34.9 Å². The third-order valence-electron chi connectivity index (χ3n) is 4.51. The van der Waals surface area contributed by atoms with Crippen LogP contribution in [0.15, 0.2) is 42.5 Å². The lowest BCUT2D eigenvalue weighted by atomic mass is 10.1. The molecule has 2 atom stereocenters. The first-order chi connectivity index (χ1) is 15.5. The molecule has 2 unspecified atom stereocenters. The second kappa shape index (κ2) is 9.14. The second-order valence-electron chi connectivity index (χ2n) is 6.90. The summed E-state index contributed by atoms with van der Waals surface area (Å²) >= 11 is 0. The quantitative estimate of drug-likeness (QED) is 0.378. The Morgan fingerprint density at radius 1 is 1.27 bits per heavy atom. The van der Waals surface area contributed by atoms with Gasteiger partial charge in [0.15, 0.2) is 12.2 Å². The predicted octanol–water partition coefficient (Wildman–Crippen LogP) is 3.27. The number of hydrogen-bond donors (Lipinski definition) is 2. The zero-order chi connectivity index (χ0) is 24.3. The summed E-state index contributed by atoms with van der Waals surface area (Å²) in [4.78, 5) is 46.3. The molecule has 33 heavy (non-hydrogen) atoms. The van der Waals surface area contributed by atoms with Crippen LogP contribution in [0.25, 0.3) is 0 Å². The normalized spacial score (nSPS) is 16.0. The minimum Gasteiger partial charge on any atom is -0.478 e. The zero-order valence-electron chi connectivity index (χ0n) is 16.8. The number of nitrogens with one attached hydrogen (secondary N) is 2. The number of rotatable bonds is 6. The van der Waals surface area contributed by atoms with Crippen molar-refractivity contribution in [2.75, 3.05) is 10.6 Å². The standard InChI is InChI=1S/C20H16F3N3O7/c1-10(18(28)24-13-7-6-11(26(30)31)8-12(13)20(21,22)23)32-17(27)9-16-19(29)25-14-4-2-3-5-15(14)33-16/h2-8,10,16H,9H2,1H3,(H,24,28)(H,25,29). The number of anilines is 2. The predicted molar refractivity (Wildman–Crippen MR) is 106 cm³/mol. The van der Waals surface area contributed by atoms with Gasteiger partial charge in [-0.25, -0.2) is 0 Å². The molecule has 10 nitrogen and oxygen atoms in total. The minimum atomic E-state index is -4.99. The number of ether oxygens (including phenoxy) is 2. The molecule has 174 valence electrons. The van der Waals surface area contributed by atoms with Crippen molar-refractivity contribution in [1.29, 1.82) is 0 Å². The molecule has 1 aliphatic heterocycles. The molecule has 0 aromatic heterocycles. The number of carbonyl (C=O) groups is 3. The van der Waals surface area contributed by atoms with Crippen LogP contribution in [0.2, 0.25) is 0 Å². The van der Waals surface area contributed by atoms with E-state index in [0.717, 1.165) is 19.1 Å². The summed E-state index contributed by atoms with van der Waals surface area (Å²) in [6, 6.07) is 8.30. The molecule has 1 aliphatic rings. The van der Waals surface area contributed by atoms with Crippen molar-refractivity contribution in [3.05, 3.63) is 58.1 Å². The maximum absolute atomic E-state index is 13.2. The summed E-state index contributed by atoms with van der Waals surface area (Å²) in [5, 5.41) is 15.2. The molecule has 0 saturated heterocycles. The van der Waals surface area contributed by atoms with E-state index in [-0.39, 0.29) is 6.07 Å². The van der Waals surface area contributed by atoms with Gasteiger partial charge in [-0.2, -0.15) is 13.2 Å². The first-order valence-corrected chi connectivity index (χ1v) is 9.38. The molecular weight excluding hydrogens is 451 g/mol. The fourth-order valence-corrected chi connectivity index (χ4v) is 2.90. The number of para-hydroxylation sites is 2. The van der Waals surface area contributed by atoms with Crippen LogP contribution in [0.4, 0.5) is 30.2 Å². The van der Waals surface area contributed by atoms with E-state index in [2.05, 4.69) is 5.32 Å². The number of halogens is 3. The average molecular weight is 467 g/mol. The topological polar surface area (TPSA) is 137 Å². The van der Waals surface area contributed by atoms with Gasteiger partial charge in [0.25, 0.3) is 17.5 Å². The molecule has 13 heteroatoms. The molecule has 0 radical (unpaired) electrons. The number of nitro groups is 1. The maximum atomic E-state index is 13.2. The largest absolute Gasteiger partial charge is 0.478 e. The number of alkyl halides is 3. The fourth-order valence-electron chi connectivity index (χ4n) is 2.90. The van der Waals surface area contributed by atoms with Crippen LogP contribution in [-0.2, 0) is 25.3 Å². The Morgan fingerprint density at radius 2 is 1.97 bits per heavy atom. The molecule has 1 heterocycles. The molecule has 0 saturated carbocycles. The fraction of sp³-hybridized carbons (Fsp3) is 0.250. The van der Waals surface area contributed by atoms with E-state index >= 15 is 0 Å². The van der Waals surface area contributed by atoms with Crippen LogP contribution in [0.3, 0.4) is 0 Å². The summed E-state index contributed by atoms with van der Waals surface area (Å²) in [5.74, 6) is -2.39. The first kappa shape index (κ1) is 23.5. The van der Waals surface area contributed by atoms with E-state index in [4.69, 9.17) is 9.47 Å². The van der Waals surface area contributed by atoms with Gasteiger partial charge in [-0.05, 0) is 25.1 Å². The Kier molecular flexibility index (Phi) is 6.51. The highest BCUT2D eigenvalue weighted by molar-refractivity contribution is 6.00. The van der Waals surface area contributed by atoms with Gasteiger partial charge in [-0.1, -0.05) is 12.1 Å². The summed E-state index contributed by atoms with van der Waals surface area (Å²) in [5.41, 5.74) is -2.57. The molecule has 2 amide bonds. The van der Waals surface area contributed by atoms with E-state index in [0.29, 0.717) is 11.4 Å². The zero-order valence-corrected chi connectivity index (χ0v) is 16.8. The molecule has 2 aromatic carbocycles. The van der Waals surface area contributed by atoms with Crippen LogP contribution >= 0.6 is 0 Å². The van der Waals surface area contributed by atoms with Gasteiger partial charge in [-0.15, -0.1) is 0 Å². The second-order valence-corrected chi connectivity index (χ2v) is 6.90. The Morgan fingerprint density at radius 3 is 2.64 bits per heavy atom. The van der Waals surface area contributed by atoms with Crippen LogP contribution in [0.1, 0.15) is 18.9 Å². The van der Waals surface area contributed by atoms with Crippen LogP contribution in [0, 0.1) is 10.1 Å². The monoisotopic (exact) mass is 467 g/mol. The average Bonchev–Trinajstić information content (AvgIpc) is 2.73. The van der Waals surface area contributed by atoms with Gasteiger partial charge in [0.2, 0.25) is 0 Å². The van der Waals surface area contributed by atoms with Crippen LogP contribution < -0.4 is 15.4 Å². The number of amides is 2. The first-order valence-electron chi connectivity index (χ1n) is 9.38. The molecule has 0 bridgehead atoms. The van der Waals surface area contributed by atoms with Gasteiger partial charge in [0.1, 0.15) is 5.75 Å². The Bertz CT molecular complexity index is 1120. The third-order valence-corrected chi connectivity index (χ3v) is 4.51. The molecule has 0 aliphatic carbocycles. The highest BCUT2D eigenvalue weighted by Gasteiger charge is 2.36. The van der Waals surface area contributed by atoms with E-state index in [9.17, 15) is 37.7 Å². The Balaban J connectivity index is 1.64. The number of hydrogen-bond acceptors (Lipinski definition) is 7. The molecule has 0 fully saturated rings.